The van der Waals surface area contributed by atoms with Crippen LogP contribution in [-0.2, 0) is 13.0 Å². The fourth-order valence-corrected chi connectivity index (χ4v) is 2.24. The van der Waals surface area contributed by atoms with Gasteiger partial charge in [-0.2, -0.15) is 0 Å². The number of nitrogen functional groups attached to an aromatic ring is 1. The second-order valence-corrected chi connectivity index (χ2v) is 4.78. The minimum absolute atomic E-state index is 0.688. The molecule has 0 unspecified atom stereocenters. The standard InChI is InChI=1S/C14H21N5O/c1-4-5-12-13(18-15)16-9-17-14(12)19(3)8-11-6-7-20-10(11)2/h6-7,9H,4-5,8,15H2,1-3H3,(H,16,17,18). The van der Waals surface area contributed by atoms with E-state index in [0.717, 1.165) is 42.1 Å². The summed E-state index contributed by atoms with van der Waals surface area (Å²) in [6, 6.07) is 1.98. The zero-order chi connectivity index (χ0) is 14.5. The van der Waals surface area contributed by atoms with E-state index < -0.39 is 0 Å². The Bertz CT molecular complexity index is 566. The lowest BCUT2D eigenvalue weighted by Gasteiger charge is -2.22. The van der Waals surface area contributed by atoms with Crippen LogP contribution in [0.1, 0.15) is 30.2 Å². The number of furan rings is 1. The Labute approximate surface area is 119 Å². The van der Waals surface area contributed by atoms with Crippen molar-refractivity contribution in [1.82, 2.24) is 9.97 Å². The van der Waals surface area contributed by atoms with E-state index in [9.17, 15) is 0 Å². The molecule has 2 aromatic heterocycles. The first kappa shape index (κ1) is 14.3. The average Bonchev–Trinajstić information content (AvgIpc) is 2.84. The van der Waals surface area contributed by atoms with E-state index in [1.165, 1.54) is 6.33 Å². The van der Waals surface area contributed by atoms with Gasteiger partial charge in [-0.3, -0.25) is 0 Å². The van der Waals surface area contributed by atoms with Gasteiger partial charge < -0.3 is 14.7 Å². The first-order chi connectivity index (χ1) is 9.67. The van der Waals surface area contributed by atoms with Gasteiger partial charge in [-0.25, -0.2) is 15.8 Å². The van der Waals surface area contributed by atoms with Crippen LogP contribution in [0.3, 0.4) is 0 Å². The first-order valence-corrected chi connectivity index (χ1v) is 6.72. The molecule has 0 saturated heterocycles. The Balaban J connectivity index is 2.29. The van der Waals surface area contributed by atoms with E-state index in [2.05, 4.69) is 27.2 Å². The zero-order valence-electron chi connectivity index (χ0n) is 12.2. The third-order valence-corrected chi connectivity index (χ3v) is 3.29. The SMILES string of the molecule is CCCc1c(NN)ncnc1N(C)Cc1ccoc1C. The monoisotopic (exact) mass is 275 g/mol. The van der Waals surface area contributed by atoms with Crippen molar-refractivity contribution in [3.63, 3.8) is 0 Å². The van der Waals surface area contributed by atoms with E-state index in [4.69, 9.17) is 10.3 Å². The van der Waals surface area contributed by atoms with Gasteiger partial charge in [0.1, 0.15) is 23.7 Å². The van der Waals surface area contributed by atoms with Gasteiger partial charge in [0.15, 0.2) is 0 Å². The van der Waals surface area contributed by atoms with Crippen molar-refractivity contribution in [3.8, 4) is 0 Å². The van der Waals surface area contributed by atoms with Crippen LogP contribution in [0.25, 0.3) is 0 Å². The molecule has 0 radical (unpaired) electrons. The lowest BCUT2D eigenvalue weighted by molar-refractivity contribution is 0.529. The van der Waals surface area contributed by atoms with E-state index >= 15 is 0 Å². The van der Waals surface area contributed by atoms with Crippen LogP contribution in [0, 0.1) is 6.92 Å². The summed E-state index contributed by atoms with van der Waals surface area (Å²) in [5.41, 5.74) is 4.84. The molecule has 0 atom stereocenters. The van der Waals surface area contributed by atoms with Crippen molar-refractivity contribution in [2.45, 2.75) is 33.2 Å². The predicted octanol–water partition coefficient (Wildman–Crippen LogP) is 2.25. The van der Waals surface area contributed by atoms with Crippen LogP contribution in [0.2, 0.25) is 0 Å². The molecule has 0 amide bonds. The molecule has 2 rings (SSSR count). The summed E-state index contributed by atoms with van der Waals surface area (Å²) in [6.07, 6.45) is 5.12. The zero-order valence-corrected chi connectivity index (χ0v) is 12.2. The molecule has 0 aliphatic carbocycles. The fourth-order valence-electron chi connectivity index (χ4n) is 2.24. The molecule has 0 aliphatic rings. The minimum atomic E-state index is 0.688. The van der Waals surface area contributed by atoms with E-state index in [1.807, 2.05) is 20.0 Å². The molecular formula is C14H21N5O. The highest BCUT2D eigenvalue weighted by molar-refractivity contribution is 5.58. The number of hydrazine groups is 1. The van der Waals surface area contributed by atoms with Crippen LogP contribution < -0.4 is 16.2 Å². The molecule has 0 aromatic carbocycles. The summed E-state index contributed by atoms with van der Waals surface area (Å²) in [5.74, 6) is 8.05. The lowest BCUT2D eigenvalue weighted by atomic mass is 10.1. The van der Waals surface area contributed by atoms with Crippen molar-refractivity contribution >= 4 is 11.6 Å². The fraction of sp³-hybridized carbons (Fsp3) is 0.429. The summed E-state index contributed by atoms with van der Waals surface area (Å²) in [5, 5.41) is 0. The number of rotatable bonds is 6. The molecule has 0 saturated carbocycles. The maximum Gasteiger partial charge on any atom is 0.148 e. The van der Waals surface area contributed by atoms with Crippen LogP contribution in [0.15, 0.2) is 23.1 Å². The van der Waals surface area contributed by atoms with Crippen molar-refractivity contribution in [1.29, 1.82) is 0 Å². The molecule has 3 N–H and O–H groups in total. The third kappa shape index (κ3) is 2.91. The van der Waals surface area contributed by atoms with Gasteiger partial charge in [-0.15, -0.1) is 0 Å². The number of aryl methyl sites for hydroxylation is 1. The second kappa shape index (κ2) is 6.38. The van der Waals surface area contributed by atoms with Crippen molar-refractivity contribution in [2.75, 3.05) is 17.4 Å². The highest BCUT2D eigenvalue weighted by atomic mass is 16.3. The second-order valence-electron chi connectivity index (χ2n) is 4.78. The van der Waals surface area contributed by atoms with E-state index in [-0.39, 0.29) is 0 Å². The maximum atomic E-state index is 5.54. The first-order valence-electron chi connectivity index (χ1n) is 6.72. The average molecular weight is 275 g/mol. The molecule has 2 heterocycles. The molecule has 0 aliphatic heterocycles. The summed E-state index contributed by atoms with van der Waals surface area (Å²) in [4.78, 5) is 10.7. The number of nitrogens with zero attached hydrogens (tertiary/aromatic N) is 3. The van der Waals surface area contributed by atoms with Crippen LogP contribution in [-0.4, -0.2) is 17.0 Å². The molecule has 2 aromatic rings. The summed E-state index contributed by atoms with van der Waals surface area (Å²) < 4.78 is 5.33. The number of nitrogens with two attached hydrogens (primary N) is 1. The van der Waals surface area contributed by atoms with Gasteiger partial charge in [-0.05, 0) is 19.4 Å². The Morgan fingerprint density at radius 1 is 1.40 bits per heavy atom. The molecule has 108 valence electrons. The Kier molecular flexibility index (Phi) is 4.57. The predicted molar refractivity (Wildman–Crippen MR) is 79.4 cm³/mol. The topological polar surface area (TPSA) is 80.2 Å². The molecule has 6 heteroatoms. The number of anilines is 2. The van der Waals surface area contributed by atoms with Gasteiger partial charge in [-0.1, -0.05) is 13.3 Å². The van der Waals surface area contributed by atoms with Gasteiger partial charge >= 0.3 is 0 Å². The Morgan fingerprint density at radius 3 is 2.80 bits per heavy atom. The van der Waals surface area contributed by atoms with Crippen molar-refractivity contribution < 1.29 is 4.42 Å². The van der Waals surface area contributed by atoms with Gasteiger partial charge in [0.25, 0.3) is 0 Å². The molecule has 0 fully saturated rings. The van der Waals surface area contributed by atoms with Crippen molar-refractivity contribution in [2.24, 2.45) is 5.84 Å². The van der Waals surface area contributed by atoms with Crippen LogP contribution in [0.5, 0.6) is 0 Å². The van der Waals surface area contributed by atoms with Gasteiger partial charge in [0.2, 0.25) is 0 Å². The summed E-state index contributed by atoms with van der Waals surface area (Å²) in [6.45, 7) is 4.82. The number of aromatic nitrogens is 2. The maximum absolute atomic E-state index is 5.54. The van der Waals surface area contributed by atoms with Gasteiger partial charge in [0, 0.05) is 24.7 Å². The number of hydrogen-bond acceptors (Lipinski definition) is 6. The number of hydrogen-bond donors (Lipinski definition) is 2. The van der Waals surface area contributed by atoms with Crippen molar-refractivity contribution in [3.05, 3.63) is 35.5 Å². The number of nitrogens with one attached hydrogen (secondary N) is 1. The Hall–Kier alpha value is -2.08. The largest absolute Gasteiger partial charge is 0.469 e. The third-order valence-electron chi connectivity index (χ3n) is 3.29. The van der Waals surface area contributed by atoms with Crippen LogP contribution in [0.4, 0.5) is 11.6 Å². The minimum Gasteiger partial charge on any atom is -0.469 e. The van der Waals surface area contributed by atoms with Crippen LogP contribution >= 0.6 is 0 Å². The normalized spacial score (nSPS) is 10.6. The Morgan fingerprint density at radius 2 is 2.20 bits per heavy atom. The molecule has 0 spiro atoms. The van der Waals surface area contributed by atoms with E-state index in [1.54, 1.807) is 6.26 Å². The smallest absolute Gasteiger partial charge is 0.148 e. The highest BCUT2D eigenvalue weighted by Gasteiger charge is 2.15. The summed E-state index contributed by atoms with van der Waals surface area (Å²) >= 11 is 0. The molecular weight excluding hydrogens is 254 g/mol. The molecule has 6 nitrogen and oxygen atoms in total. The molecule has 20 heavy (non-hydrogen) atoms. The molecule has 0 bridgehead atoms. The van der Waals surface area contributed by atoms with Gasteiger partial charge in [0.05, 0.1) is 6.26 Å². The highest BCUT2D eigenvalue weighted by Crippen LogP contribution is 2.25. The van der Waals surface area contributed by atoms with E-state index in [0.29, 0.717) is 5.82 Å². The summed E-state index contributed by atoms with van der Waals surface area (Å²) in [7, 11) is 2.01. The quantitative estimate of drug-likeness (QED) is 0.621. The lowest BCUT2D eigenvalue weighted by Crippen LogP contribution is -2.22.